The Hall–Kier alpha value is -2.98. The predicted octanol–water partition coefficient (Wildman–Crippen LogP) is 3.73. The van der Waals surface area contributed by atoms with Gasteiger partial charge in [0.1, 0.15) is 17.5 Å². The van der Waals surface area contributed by atoms with E-state index in [1.165, 1.54) is 6.07 Å². The molecule has 5 rings (SSSR count). The lowest BCUT2D eigenvalue weighted by molar-refractivity contribution is 0.193. The molecule has 2 saturated heterocycles. The lowest BCUT2D eigenvalue weighted by Crippen LogP contribution is -2.47. The second-order valence-corrected chi connectivity index (χ2v) is 8.40. The molecule has 1 aromatic carbocycles. The van der Waals surface area contributed by atoms with Crippen LogP contribution in [0.2, 0.25) is 0 Å². The van der Waals surface area contributed by atoms with E-state index >= 15 is 0 Å². The van der Waals surface area contributed by atoms with E-state index in [1.807, 2.05) is 11.0 Å². The second kappa shape index (κ2) is 9.48. The van der Waals surface area contributed by atoms with Crippen LogP contribution in [0.4, 0.5) is 25.2 Å². The van der Waals surface area contributed by atoms with Gasteiger partial charge in [0.2, 0.25) is 0 Å². The first-order chi connectivity index (χ1) is 15.5. The molecule has 11 heteroatoms. The molecule has 176 valence electrons. The van der Waals surface area contributed by atoms with Crippen LogP contribution in [0.1, 0.15) is 37.3 Å². The summed E-state index contributed by atoms with van der Waals surface area (Å²) in [6.45, 7) is 1.83. The number of amides is 2. The number of rotatable bonds is 3. The Labute approximate surface area is 196 Å². The third-order valence-electron chi connectivity index (χ3n) is 6.19. The maximum Gasteiger partial charge on any atom is 0.323 e. The number of nitrogens with zero attached hydrogens (tertiary/aromatic N) is 5. The molecule has 2 amide bonds. The van der Waals surface area contributed by atoms with Gasteiger partial charge < -0.3 is 15.5 Å². The van der Waals surface area contributed by atoms with Crippen LogP contribution in [-0.4, -0.2) is 51.2 Å². The lowest BCUT2D eigenvalue weighted by atomic mass is 10.0. The number of likely N-dealkylation sites (tertiary alicyclic amines) is 1. The number of fused-ring (bicyclic) bond motifs is 1. The molecule has 4 heterocycles. The van der Waals surface area contributed by atoms with Crippen LogP contribution in [-0.2, 0) is 0 Å². The van der Waals surface area contributed by atoms with Crippen LogP contribution in [0.25, 0.3) is 5.65 Å². The van der Waals surface area contributed by atoms with E-state index in [0.29, 0.717) is 48.9 Å². The van der Waals surface area contributed by atoms with E-state index in [9.17, 15) is 13.6 Å². The van der Waals surface area contributed by atoms with Gasteiger partial charge in [0, 0.05) is 31.2 Å². The number of carbonyl (C=O) groups excluding carboxylic acids is 1. The number of benzene rings is 1. The largest absolute Gasteiger partial charge is 0.348 e. The molecular weight excluding hydrogens is 452 g/mol. The fourth-order valence-corrected chi connectivity index (χ4v) is 4.62. The number of halogens is 3. The summed E-state index contributed by atoms with van der Waals surface area (Å²) in [7, 11) is 0. The topological polar surface area (TPSA) is 91.8 Å². The molecule has 2 aliphatic rings. The minimum Gasteiger partial charge on any atom is -0.348 e. The molecular formula is C22H26ClF2N7O. The van der Waals surface area contributed by atoms with Gasteiger partial charge in [0.25, 0.3) is 0 Å². The molecule has 0 aliphatic carbocycles. The van der Waals surface area contributed by atoms with Crippen molar-refractivity contribution >= 4 is 35.7 Å². The third kappa shape index (κ3) is 4.58. The van der Waals surface area contributed by atoms with E-state index in [-0.39, 0.29) is 30.5 Å². The minimum atomic E-state index is -0.464. The summed E-state index contributed by atoms with van der Waals surface area (Å²) < 4.78 is 29.8. The van der Waals surface area contributed by atoms with Gasteiger partial charge in [-0.2, -0.15) is 4.52 Å². The van der Waals surface area contributed by atoms with E-state index in [4.69, 9.17) is 5.73 Å². The molecule has 33 heavy (non-hydrogen) atoms. The first-order valence-corrected chi connectivity index (χ1v) is 10.9. The highest BCUT2D eigenvalue weighted by Gasteiger charge is 2.30. The van der Waals surface area contributed by atoms with E-state index < -0.39 is 11.6 Å². The quantitative estimate of drug-likeness (QED) is 0.599. The zero-order valence-electron chi connectivity index (χ0n) is 18.0. The monoisotopic (exact) mass is 477 g/mol. The van der Waals surface area contributed by atoms with Crippen molar-refractivity contribution in [1.29, 1.82) is 0 Å². The smallest absolute Gasteiger partial charge is 0.323 e. The normalized spacial score (nSPS) is 20.7. The van der Waals surface area contributed by atoms with Gasteiger partial charge in [-0.1, -0.05) is 0 Å². The highest BCUT2D eigenvalue weighted by molar-refractivity contribution is 5.88. The number of carbonyl (C=O) groups is 1. The first kappa shape index (κ1) is 23.2. The summed E-state index contributed by atoms with van der Waals surface area (Å²) in [6.07, 6.45) is 4.87. The Morgan fingerprint density at radius 3 is 2.76 bits per heavy atom. The molecule has 0 radical (unpaired) electrons. The lowest BCUT2D eigenvalue weighted by Gasteiger charge is -2.30. The molecule has 2 aromatic heterocycles. The molecule has 2 fully saturated rings. The average Bonchev–Trinajstić information content (AvgIpc) is 3.42. The number of anilines is 2. The van der Waals surface area contributed by atoms with Crippen LogP contribution >= 0.6 is 12.4 Å². The van der Waals surface area contributed by atoms with E-state index in [2.05, 4.69) is 15.4 Å². The van der Waals surface area contributed by atoms with Gasteiger partial charge in [-0.05, 0) is 56.0 Å². The Morgan fingerprint density at radius 1 is 1.12 bits per heavy atom. The number of hydrogen-bond acceptors (Lipinski definition) is 5. The zero-order valence-corrected chi connectivity index (χ0v) is 18.8. The van der Waals surface area contributed by atoms with Crippen LogP contribution in [0, 0.1) is 11.6 Å². The third-order valence-corrected chi connectivity index (χ3v) is 6.19. The van der Waals surface area contributed by atoms with Gasteiger partial charge in [0.15, 0.2) is 11.5 Å². The van der Waals surface area contributed by atoms with Crippen molar-refractivity contribution in [2.24, 2.45) is 5.73 Å². The van der Waals surface area contributed by atoms with E-state index in [1.54, 1.807) is 21.7 Å². The summed E-state index contributed by atoms with van der Waals surface area (Å²) in [6, 6.07) is 6.58. The van der Waals surface area contributed by atoms with Gasteiger partial charge >= 0.3 is 6.03 Å². The van der Waals surface area contributed by atoms with Crippen molar-refractivity contribution in [3.05, 3.63) is 53.7 Å². The molecule has 8 nitrogen and oxygen atoms in total. The maximum atomic E-state index is 14.4. The highest BCUT2D eigenvalue weighted by atomic mass is 35.5. The number of hydrogen-bond donors (Lipinski definition) is 2. The Kier molecular flexibility index (Phi) is 6.66. The molecule has 0 spiro atoms. The Bertz CT molecular complexity index is 1160. The van der Waals surface area contributed by atoms with Crippen molar-refractivity contribution in [2.45, 2.75) is 37.8 Å². The number of urea groups is 1. The molecule has 0 saturated carbocycles. The zero-order chi connectivity index (χ0) is 22.2. The summed E-state index contributed by atoms with van der Waals surface area (Å²) in [5, 5.41) is 7.54. The fraction of sp³-hybridized carbons (Fsp3) is 0.409. The summed E-state index contributed by atoms with van der Waals surface area (Å²) >= 11 is 0. The number of imidazole rings is 1. The Balaban J connectivity index is 0.00000259. The highest BCUT2D eigenvalue weighted by Crippen LogP contribution is 2.36. The van der Waals surface area contributed by atoms with Crippen molar-refractivity contribution in [1.82, 2.24) is 19.5 Å². The standard InChI is InChI=1S/C22H25F2N7O.ClH/c23-14-5-6-17(24)16(11-14)18-4-2-10-30(18)20-8-7-19-26-12-21(31(19)28-20)27-22(32)29-9-1-3-15(25)13-29;/h5-8,11-12,15,18H,1-4,9-10,13,25H2,(H,27,32);1H/t15?,18-;/m1./s1. The number of nitrogens with one attached hydrogen (secondary N) is 1. The SMILES string of the molecule is Cl.NC1CCCN(C(=O)Nc2cnc3ccc(N4CCC[C@@H]4c4cc(F)ccc4F)nn23)C1. The second-order valence-electron chi connectivity index (χ2n) is 8.40. The van der Waals surface area contributed by atoms with Gasteiger partial charge in [-0.3, -0.25) is 5.32 Å². The minimum absolute atomic E-state index is 0. The number of piperidine rings is 1. The molecule has 3 N–H and O–H groups in total. The van der Waals surface area contributed by atoms with Crippen LogP contribution < -0.4 is 16.0 Å². The Morgan fingerprint density at radius 2 is 1.94 bits per heavy atom. The van der Waals surface area contributed by atoms with Gasteiger partial charge in [-0.15, -0.1) is 17.5 Å². The molecule has 0 bridgehead atoms. The van der Waals surface area contributed by atoms with Crippen LogP contribution in [0.15, 0.2) is 36.5 Å². The van der Waals surface area contributed by atoms with Crippen LogP contribution in [0.5, 0.6) is 0 Å². The van der Waals surface area contributed by atoms with Crippen molar-refractivity contribution in [3.63, 3.8) is 0 Å². The molecule has 1 unspecified atom stereocenters. The van der Waals surface area contributed by atoms with Gasteiger partial charge in [0.05, 0.1) is 12.2 Å². The number of aromatic nitrogens is 3. The fourth-order valence-electron chi connectivity index (χ4n) is 4.62. The van der Waals surface area contributed by atoms with Gasteiger partial charge in [-0.25, -0.2) is 18.6 Å². The summed E-state index contributed by atoms with van der Waals surface area (Å²) in [5.74, 6) is 0.157. The average molecular weight is 478 g/mol. The molecule has 2 aliphatic heterocycles. The summed E-state index contributed by atoms with van der Waals surface area (Å²) in [5.41, 5.74) is 6.89. The number of nitrogens with two attached hydrogens (primary N) is 1. The van der Waals surface area contributed by atoms with Crippen molar-refractivity contribution in [3.8, 4) is 0 Å². The van der Waals surface area contributed by atoms with Crippen molar-refractivity contribution < 1.29 is 13.6 Å². The molecule has 2 atom stereocenters. The first-order valence-electron chi connectivity index (χ1n) is 10.9. The molecule has 3 aromatic rings. The predicted molar refractivity (Wildman–Crippen MR) is 124 cm³/mol. The van der Waals surface area contributed by atoms with E-state index in [0.717, 1.165) is 31.4 Å². The van der Waals surface area contributed by atoms with Crippen molar-refractivity contribution in [2.75, 3.05) is 29.9 Å². The van der Waals surface area contributed by atoms with Crippen LogP contribution in [0.3, 0.4) is 0 Å². The summed E-state index contributed by atoms with van der Waals surface area (Å²) in [4.78, 5) is 20.7. The maximum absolute atomic E-state index is 14.4.